The summed E-state index contributed by atoms with van der Waals surface area (Å²) in [6.07, 6.45) is 7.89. The number of esters is 1. The number of carbonyl (C=O) groups is 2. The Morgan fingerprint density at radius 1 is 1.12 bits per heavy atom. The van der Waals surface area contributed by atoms with Gasteiger partial charge in [0.15, 0.2) is 17.2 Å². The molecule has 6 aliphatic rings. The van der Waals surface area contributed by atoms with Gasteiger partial charge in [0.05, 0.1) is 18.8 Å². The maximum atomic E-state index is 13.9. The van der Waals surface area contributed by atoms with Crippen molar-refractivity contribution in [3.8, 4) is 0 Å². The molecule has 0 radical (unpaired) electrons. The van der Waals surface area contributed by atoms with Crippen molar-refractivity contribution in [2.24, 2.45) is 46.3 Å². The first-order valence-electron chi connectivity index (χ1n) is 16.9. The molecule has 238 valence electrons. The van der Waals surface area contributed by atoms with Crippen LogP contribution in [0.25, 0.3) is 0 Å². The molecule has 8 nitrogen and oxygen atoms in total. The molecular weight excluding hydrogens is 536 g/mol. The lowest BCUT2D eigenvalue weighted by molar-refractivity contribution is -0.277. The van der Waals surface area contributed by atoms with E-state index in [0.717, 1.165) is 19.3 Å². The summed E-state index contributed by atoms with van der Waals surface area (Å²) in [6.45, 7) is 11.5. The first-order valence-corrected chi connectivity index (χ1v) is 16.9. The largest absolute Gasteiger partial charge is 0.459 e. The second kappa shape index (κ2) is 10.2. The first kappa shape index (κ1) is 30.9. The number of hydrogen-bond donors (Lipinski definition) is 3. The van der Waals surface area contributed by atoms with E-state index in [1.165, 1.54) is 32.6 Å². The Kier molecular flexibility index (Phi) is 7.54. The van der Waals surface area contributed by atoms with E-state index in [4.69, 9.17) is 14.2 Å². The van der Waals surface area contributed by atoms with Crippen molar-refractivity contribution in [1.82, 2.24) is 0 Å². The van der Waals surface area contributed by atoms with Crippen LogP contribution in [0.5, 0.6) is 0 Å². The highest BCUT2D eigenvalue weighted by Crippen LogP contribution is 2.81. The average molecular weight is 591 g/mol. The van der Waals surface area contributed by atoms with Crippen molar-refractivity contribution in [2.75, 3.05) is 6.61 Å². The summed E-state index contributed by atoms with van der Waals surface area (Å²) in [7, 11) is 0. The third kappa shape index (κ3) is 3.77. The maximum absolute atomic E-state index is 13.9. The Morgan fingerprint density at radius 3 is 2.40 bits per heavy atom. The van der Waals surface area contributed by atoms with Gasteiger partial charge in [-0.1, -0.05) is 73.1 Å². The summed E-state index contributed by atoms with van der Waals surface area (Å²) < 4.78 is 20.6. The first-order chi connectivity index (χ1) is 19.8. The van der Waals surface area contributed by atoms with Gasteiger partial charge < -0.3 is 29.5 Å². The van der Waals surface area contributed by atoms with Crippen LogP contribution in [0.3, 0.4) is 0 Å². The Hall–Kier alpha value is -1.06. The zero-order valence-electron chi connectivity index (χ0n) is 26.6. The molecule has 6 rings (SSSR count). The van der Waals surface area contributed by atoms with Crippen LogP contribution in [-0.2, 0) is 23.8 Å². The minimum absolute atomic E-state index is 0.0419. The molecule has 42 heavy (non-hydrogen) atoms. The molecule has 6 fully saturated rings. The summed E-state index contributed by atoms with van der Waals surface area (Å²) in [6, 6.07) is 0. The molecule has 4 aliphatic carbocycles. The molecule has 0 aromatic heterocycles. The number of ketones is 1. The second-order valence-electron chi connectivity index (χ2n) is 15.5. The molecule has 0 spiro atoms. The monoisotopic (exact) mass is 590 g/mol. The SMILES string of the molecule is CCCCCCCCCC12C[C@@]34[C@H]([C@@H](O1)[C@@](C(C)C)(O2)[C@H](OC(C)=O)[C@H]3C)[C@@H]1C[C@]1(CO)[C@@H](O)[C@]1(O)C(=O)[C@@H](C)C[C@H]14. The summed E-state index contributed by atoms with van der Waals surface area (Å²) in [5.74, 6) is -3.17. The van der Waals surface area contributed by atoms with Crippen LogP contribution >= 0.6 is 0 Å². The van der Waals surface area contributed by atoms with Crippen LogP contribution in [-0.4, -0.2) is 69.0 Å². The Bertz CT molecular complexity index is 1090. The van der Waals surface area contributed by atoms with Gasteiger partial charge in [-0.25, -0.2) is 0 Å². The number of ether oxygens (including phenoxy) is 3. The quantitative estimate of drug-likeness (QED) is 0.237. The van der Waals surface area contributed by atoms with Gasteiger partial charge in [0.1, 0.15) is 11.7 Å². The topological polar surface area (TPSA) is 123 Å². The van der Waals surface area contributed by atoms with Crippen molar-refractivity contribution in [3.05, 3.63) is 0 Å². The highest BCUT2D eigenvalue weighted by Gasteiger charge is 2.88. The number of Topliss-reactive ketones (excluding diaryl/α,β-unsaturated/α-hetero) is 1. The lowest BCUT2D eigenvalue weighted by atomic mass is 9.44. The van der Waals surface area contributed by atoms with Gasteiger partial charge in [-0.3, -0.25) is 9.59 Å². The van der Waals surface area contributed by atoms with E-state index in [9.17, 15) is 24.9 Å². The summed E-state index contributed by atoms with van der Waals surface area (Å²) in [5.41, 5.74) is -4.51. The molecule has 8 heteroatoms. The smallest absolute Gasteiger partial charge is 0.303 e. The molecule has 4 saturated carbocycles. The molecule has 0 aromatic carbocycles. The maximum Gasteiger partial charge on any atom is 0.303 e. The minimum Gasteiger partial charge on any atom is -0.459 e. The number of hydrogen-bond acceptors (Lipinski definition) is 8. The zero-order valence-corrected chi connectivity index (χ0v) is 26.6. The van der Waals surface area contributed by atoms with E-state index in [2.05, 4.69) is 27.7 Å². The predicted molar refractivity (Wildman–Crippen MR) is 155 cm³/mol. The van der Waals surface area contributed by atoms with Gasteiger partial charge in [0, 0.05) is 42.9 Å². The van der Waals surface area contributed by atoms with Crippen LogP contribution in [0.2, 0.25) is 0 Å². The fourth-order valence-electron chi connectivity index (χ4n) is 11.4. The van der Waals surface area contributed by atoms with Crippen LogP contribution < -0.4 is 0 Å². The lowest BCUT2D eigenvalue weighted by Crippen LogP contribution is -2.72. The van der Waals surface area contributed by atoms with E-state index in [1.54, 1.807) is 0 Å². The standard InChI is InChI=1S/C34H54O8/c1-7-8-9-10-11-12-13-14-31-17-32-21(5)27(40-22(6)36)34(42-31,19(2)3)28(41-31)25(32)23-16-30(23,18-35)29(38)33(39)24(32)15-20(4)26(33)37/h19-21,23-25,27-29,35,38-39H,7-18H2,1-6H3/t20-,21+,23-,24-,25-,27+,28+,29+,30+,31?,32+,33+,34-/m0/s1. The van der Waals surface area contributed by atoms with E-state index < -0.39 is 58.0 Å². The number of carbonyl (C=O) groups excluding carboxylic acids is 2. The van der Waals surface area contributed by atoms with Crippen LogP contribution in [0.1, 0.15) is 112 Å². The number of aliphatic hydroxyl groups is 3. The lowest BCUT2D eigenvalue weighted by Gasteiger charge is -2.63. The van der Waals surface area contributed by atoms with Crippen LogP contribution in [0, 0.1) is 46.3 Å². The molecule has 1 unspecified atom stereocenters. The minimum atomic E-state index is -1.98. The zero-order chi connectivity index (χ0) is 30.5. The summed E-state index contributed by atoms with van der Waals surface area (Å²) in [5, 5.41) is 35.2. The number of aliphatic hydroxyl groups excluding tert-OH is 2. The second-order valence-corrected chi connectivity index (χ2v) is 15.5. The molecule has 3 N–H and O–H groups in total. The molecular formula is C34H54O8. The predicted octanol–water partition coefficient (Wildman–Crippen LogP) is 4.55. The number of fused-ring (bicyclic) bond motifs is 3. The van der Waals surface area contributed by atoms with Gasteiger partial charge in [-0.2, -0.15) is 0 Å². The van der Waals surface area contributed by atoms with Crippen LogP contribution in [0.4, 0.5) is 0 Å². The van der Waals surface area contributed by atoms with E-state index in [-0.39, 0.29) is 42.0 Å². The van der Waals surface area contributed by atoms with Gasteiger partial charge in [-0.15, -0.1) is 0 Å². The van der Waals surface area contributed by atoms with Crippen molar-refractivity contribution >= 4 is 11.8 Å². The average Bonchev–Trinajstić information content (AvgIpc) is 3.57. The molecule has 2 heterocycles. The molecule has 3 bridgehead atoms. The van der Waals surface area contributed by atoms with E-state index in [0.29, 0.717) is 25.7 Å². The number of rotatable bonds is 11. The summed E-state index contributed by atoms with van der Waals surface area (Å²) >= 11 is 0. The molecule has 0 aromatic rings. The Morgan fingerprint density at radius 2 is 1.79 bits per heavy atom. The third-order valence-electron chi connectivity index (χ3n) is 13.3. The highest BCUT2D eigenvalue weighted by molar-refractivity contribution is 5.93. The molecule has 2 aliphatic heterocycles. The van der Waals surface area contributed by atoms with Crippen molar-refractivity contribution in [1.29, 1.82) is 0 Å². The van der Waals surface area contributed by atoms with E-state index in [1.807, 2.05) is 6.92 Å². The molecule has 0 amide bonds. The normalized spacial score (nSPS) is 51.7. The van der Waals surface area contributed by atoms with Gasteiger partial charge >= 0.3 is 5.97 Å². The highest BCUT2D eigenvalue weighted by atomic mass is 16.8. The van der Waals surface area contributed by atoms with Gasteiger partial charge in [0.2, 0.25) is 0 Å². The van der Waals surface area contributed by atoms with Crippen LogP contribution in [0.15, 0.2) is 0 Å². The fraction of sp³-hybridized carbons (Fsp3) is 0.941. The molecule has 13 atom stereocenters. The van der Waals surface area contributed by atoms with Crippen molar-refractivity contribution < 1.29 is 39.1 Å². The Balaban J connectivity index is 1.47. The number of unbranched alkanes of at least 4 members (excludes halogenated alkanes) is 6. The van der Waals surface area contributed by atoms with Crippen molar-refractivity contribution in [3.63, 3.8) is 0 Å². The molecule has 2 saturated heterocycles. The van der Waals surface area contributed by atoms with E-state index >= 15 is 0 Å². The third-order valence-corrected chi connectivity index (χ3v) is 13.3. The Labute approximate surface area is 251 Å². The van der Waals surface area contributed by atoms with Crippen molar-refractivity contribution in [2.45, 2.75) is 147 Å². The van der Waals surface area contributed by atoms with Gasteiger partial charge in [0.25, 0.3) is 0 Å². The summed E-state index contributed by atoms with van der Waals surface area (Å²) in [4.78, 5) is 26.5. The van der Waals surface area contributed by atoms with Gasteiger partial charge in [-0.05, 0) is 42.4 Å². The fourth-order valence-corrected chi connectivity index (χ4v) is 11.4.